The van der Waals surface area contributed by atoms with Gasteiger partial charge in [-0.25, -0.2) is 13.4 Å². The number of imidazole rings is 1. The van der Waals surface area contributed by atoms with Gasteiger partial charge in [0.05, 0.1) is 5.25 Å². The van der Waals surface area contributed by atoms with Gasteiger partial charge in [0.1, 0.15) is 11.6 Å². The van der Waals surface area contributed by atoms with Crippen molar-refractivity contribution < 1.29 is 8.42 Å². The van der Waals surface area contributed by atoms with Crippen LogP contribution in [0.5, 0.6) is 0 Å². The van der Waals surface area contributed by atoms with Crippen LogP contribution in [0.15, 0.2) is 36.7 Å². The monoisotopic (exact) mass is 304 g/mol. The molecular weight excluding hydrogens is 284 g/mol. The molecule has 1 aromatic heterocycles. The van der Waals surface area contributed by atoms with Gasteiger partial charge in [-0.05, 0) is 37.3 Å². The zero-order valence-electron chi connectivity index (χ0n) is 12.2. The lowest BCUT2D eigenvalue weighted by Gasteiger charge is -2.25. The SMILES string of the molecule is CCn1ccnc1CS(=O)(=O)C1CCCc2ccccc21. The summed E-state index contributed by atoms with van der Waals surface area (Å²) in [6.45, 7) is 2.74. The average Bonchev–Trinajstić information content (AvgIpc) is 2.93. The fourth-order valence-corrected chi connectivity index (χ4v) is 5.08. The van der Waals surface area contributed by atoms with Crippen LogP contribution < -0.4 is 0 Å². The van der Waals surface area contributed by atoms with Crippen LogP contribution >= 0.6 is 0 Å². The molecule has 4 nitrogen and oxygen atoms in total. The summed E-state index contributed by atoms with van der Waals surface area (Å²) >= 11 is 0. The minimum Gasteiger partial charge on any atom is -0.334 e. The van der Waals surface area contributed by atoms with Crippen LogP contribution in [0.3, 0.4) is 0 Å². The molecule has 1 aromatic carbocycles. The maximum Gasteiger partial charge on any atom is 0.164 e. The fraction of sp³-hybridized carbons (Fsp3) is 0.438. The molecule has 112 valence electrons. The highest BCUT2D eigenvalue weighted by atomic mass is 32.2. The Hall–Kier alpha value is -1.62. The highest BCUT2D eigenvalue weighted by Gasteiger charge is 2.32. The van der Waals surface area contributed by atoms with Gasteiger partial charge in [-0.1, -0.05) is 24.3 Å². The van der Waals surface area contributed by atoms with Gasteiger partial charge in [0.15, 0.2) is 9.84 Å². The molecule has 0 saturated heterocycles. The third-order valence-electron chi connectivity index (χ3n) is 4.22. The second-order valence-corrected chi connectivity index (χ2v) is 7.70. The Labute approximate surface area is 125 Å². The first kappa shape index (κ1) is 14.3. The number of benzene rings is 1. The van der Waals surface area contributed by atoms with E-state index in [1.165, 1.54) is 5.56 Å². The molecule has 0 fully saturated rings. The lowest BCUT2D eigenvalue weighted by Crippen LogP contribution is -2.21. The highest BCUT2D eigenvalue weighted by molar-refractivity contribution is 7.90. The molecule has 3 rings (SSSR count). The van der Waals surface area contributed by atoms with Crippen molar-refractivity contribution in [3.05, 3.63) is 53.6 Å². The number of hydrogen-bond donors (Lipinski definition) is 0. The van der Waals surface area contributed by atoms with Crippen molar-refractivity contribution in [2.24, 2.45) is 0 Å². The molecule has 0 N–H and O–H groups in total. The standard InChI is InChI=1S/C16H20N2O2S/c1-2-18-11-10-17-16(18)12-21(19,20)15-9-5-7-13-6-3-4-8-14(13)15/h3-4,6,8,10-11,15H,2,5,7,9,12H2,1H3. The van der Waals surface area contributed by atoms with Gasteiger partial charge < -0.3 is 4.57 Å². The van der Waals surface area contributed by atoms with Crippen molar-refractivity contribution in [1.82, 2.24) is 9.55 Å². The van der Waals surface area contributed by atoms with Gasteiger partial charge in [0.25, 0.3) is 0 Å². The zero-order valence-corrected chi connectivity index (χ0v) is 13.0. The predicted molar refractivity (Wildman–Crippen MR) is 82.6 cm³/mol. The maximum absolute atomic E-state index is 12.8. The van der Waals surface area contributed by atoms with E-state index in [1.807, 2.05) is 42.0 Å². The molecule has 1 heterocycles. The second kappa shape index (κ2) is 5.64. The van der Waals surface area contributed by atoms with Gasteiger partial charge >= 0.3 is 0 Å². The lowest BCUT2D eigenvalue weighted by molar-refractivity contribution is 0.556. The molecule has 1 aliphatic carbocycles. The molecule has 0 radical (unpaired) electrons. The van der Waals surface area contributed by atoms with Crippen LogP contribution in [0, 0.1) is 0 Å². The molecule has 1 atom stereocenters. The molecule has 5 heteroatoms. The van der Waals surface area contributed by atoms with Gasteiger partial charge in [-0.15, -0.1) is 0 Å². The Morgan fingerprint density at radius 2 is 2.14 bits per heavy atom. The minimum atomic E-state index is -3.24. The molecule has 0 amide bonds. The third kappa shape index (κ3) is 2.75. The van der Waals surface area contributed by atoms with E-state index in [9.17, 15) is 8.42 Å². The van der Waals surface area contributed by atoms with Crippen LogP contribution in [0.4, 0.5) is 0 Å². The summed E-state index contributed by atoms with van der Waals surface area (Å²) in [7, 11) is -3.24. The van der Waals surface area contributed by atoms with Gasteiger partial charge in [-0.2, -0.15) is 0 Å². The van der Waals surface area contributed by atoms with Crippen molar-refractivity contribution >= 4 is 9.84 Å². The van der Waals surface area contributed by atoms with E-state index < -0.39 is 9.84 Å². The topological polar surface area (TPSA) is 52.0 Å². The maximum atomic E-state index is 12.8. The van der Waals surface area contributed by atoms with E-state index >= 15 is 0 Å². The molecule has 0 saturated carbocycles. The van der Waals surface area contributed by atoms with Crippen LogP contribution in [0.1, 0.15) is 42.0 Å². The first-order valence-corrected chi connectivity index (χ1v) is 9.12. The minimum absolute atomic E-state index is 0.0207. The summed E-state index contributed by atoms with van der Waals surface area (Å²) < 4.78 is 27.6. The first-order valence-electron chi connectivity index (χ1n) is 7.41. The average molecular weight is 304 g/mol. The number of rotatable bonds is 4. The smallest absolute Gasteiger partial charge is 0.164 e. The second-order valence-electron chi connectivity index (χ2n) is 5.52. The largest absolute Gasteiger partial charge is 0.334 e. The molecule has 0 spiro atoms. The summed E-state index contributed by atoms with van der Waals surface area (Å²) in [6, 6.07) is 7.92. The molecule has 1 unspecified atom stereocenters. The number of fused-ring (bicyclic) bond motifs is 1. The van der Waals surface area contributed by atoms with E-state index in [4.69, 9.17) is 0 Å². The molecule has 0 bridgehead atoms. The van der Waals surface area contributed by atoms with Gasteiger partial charge in [-0.3, -0.25) is 0 Å². The Morgan fingerprint density at radius 1 is 1.33 bits per heavy atom. The van der Waals surface area contributed by atoms with Crippen LogP contribution in [0.2, 0.25) is 0 Å². The Kier molecular flexibility index (Phi) is 3.85. The van der Waals surface area contributed by atoms with Crippen molar-refractivity contribution in [1.29, 1.82) is 0 Å². The summed E-state index contributed by atoms with van der Waals surface area (Å²) in [6.07, 6.45) is 6.13. The molecular formula is C16H20N2O2S. The molecule has 2 aromatic rings. The summed E-state index contributed by atoms with van der Waals surface area (Å²) in [5.41, 5.74) is 2.16. The van der Waals surface area contributed by atoms with E-state index in [-0.39, 0.29) is 11.0 Å². The van der Waals surface area contributed by atoms with Crippen LogP contribution in [0.25, 0.3) is 0 Å². The summed E-state index contributed by atoms with van der Waals surface area (Å²) in [5, 5.41) is -0.385. The van der Waals surface area contributed by atoms with Crippen molar-refractivity contribution in [3.8, 4) is 0 Å². The fourth-order valence-electron chi connectivity index (χ4n) is 3.13. The summed E-state index contributed by atoms with van der Waals surface area (Å²) in [4.78, 5) is 4.21. The summed E-state index contributed by atoms with van der Waals surface area (Å²) in [5.74, 6) is 0.660. The van der Waals surface area contributed by atoms with E-state index in [0.29, 0.717) is 12.2 Å². The van der Waals surface area contributed by atoms with Crippen molar-refractivity contribution in [2.75, 3.05) is 0 Å². The Balaban J connectivity index is 1.93. The number of sulfone groups is 1. The van der Waals surface area contributed by atoms with E-state index in [1.54, 1.807) is 6.20 Å². The lowest BCUT2D eigenvalue weighted by atomic mass is 9.91. The normalized spacial score (nSPS) is 18.4. The van der Waals surface area contributed by atoms with Crippen molar-refractivity contribution in [3.63, 3.8) is 0 Å². The Morgan fingerprint density at radius 3 is 2.95 bits per heavy atom. The van der Waals surface area contributed by atoms with E-state index in [0.717, 1.165) is 24.9 Å². The predicted octanol–water partition coefficient (Wildman–Crippen LogP) is 2.90. The number of hydrogen-bond acceptors (Lipinski definition) is 3. The van der Waals surface area contributed by atoms with Gasteiger partial charge in [0, 0.05) is 18.9 Å². The Bertz CT molecular complexity index is 734. The van der Waals surface area contributed by atoms with E-state index in [2.05, 4.69) is 4.98 Å². The molecule has 1 aliphatic rings. The molecule has 0 aliphatic heterocycles. The van der Waals surface area contributed by atoms with Crippen LogP contribution in [-0.2, 0) is 28.6 Å². The number of aromatic nitrogens is 2. The highest BCUT2D eigenvalue weighted by Crippen LogP contribution is 2.36. The number of nitrogens with zero attached hydrogens (tertiary/aromatic N) is 2. The number of aryl methyl sites for hydroxylation is 2. The molecule has 21 heavy (non-hydrogen) atoms. The van der Waals surface area contributed by atoms with Crippen molar-refractivity contribution in [2.45, 2.75) is 43.7 Å². The first-order chi connectivity index (χ1) is 10.1. The quantitative estimate of drug-likeness (QED) is 0.872. The third-order valence-corrected chi connectivity index (χ3v) is 6.24. The van der Waals surface area contributed by atoms with Crippen LogP contribution in [-0.4, -0.2) is 18.0 Å². The van der Waals surface area contributed by atoms with Gasteiger partial charge in [0.2, 0.25) is 0 Å². The zero-order chi connectivity index (χ0) is 14.9.